The zero-order valence-corrected chi connectivity index (χ0v) is 14.6. The Hall–Kier alpha value is -2.05. The number of methoxy groups -OCH3 is 1. The number of aryl methyl sites for hydroxylation is 2. The van der Waals surface area contributed by atoms with Crippen molar-refractivity contribution in [2.75, 3.05) is 19.4 Å². The molecule has 5 nitrogen and oxygen atoms in total. The van der Waals surface area contributed by atoms with Gasteiger partial charge < -0.3 is 9.84 Å². The van der Waals surface area contributed by atoms with Gasteiger partial charge in [-0.2, -0.15) is 0 Å². The summed E-state index contributed by atoms with van der Waals surface area (Å²) in [5.74, 6) is 1.02. The average molecular weight is 349 g/mol. The van der Waals surface area contributed by atoms with Gasteiger partial charge in [0.15, 0.2) is 0 Å². The second-order valence-corrected chi connectivity index (χ2v) is 7.51. The number of benzene rings is 2. The third-order valence-electron chi connectivity index (χ3n) is 3.69. The molecule has 0 aliphatic carbocycles. The van der Waals surface area contributed by atoms with Gasteiger partial charge in [-0.15, -0.1) is 0 Å². The van der Waals surface area contributed by atoms with E-state index in [1.165, 1.54) is 0 Å². The van der Waals surface area contributed by atoms with Gasteiger partial charge in [-0.05, 0) is 54.7 Å². The predicted molar refractivity (Wildman–Crippen MR) is 94.9 cm³/mol. The lowest BCUT2D eigenvalue weighted by Gasteiger charge is -2.08. The van der Waals surface area contributed by atoms with Crippen molar-refractivity contribution in [2.24, 2.45) is 0 Å². The van der Waals surface area contributed by atoms with E-state index in [9.17, 15) is 13.5 Å². The zero-order valence-electron chi connectivity index (χ0n) is 13.7. The van der Waals surface area contributed by atoms with Gasteiger partial charge in [0.05, 0.1) is 12.9 Å². The van der Waals surface area contributed by atoms with Crippen molar-refractivity contribution >= 4 is 10.0 Å². The third-order valence-corrected chi connectivity index (χ3v) is 5.08. The van der Waals surface area contributed by atoms with E-state index in [4.69, 9.17) is 4.74 Å². The molecule has 0 fully saturated rings. The van der Waals surface area contributed by atoms with Gasteiger partial charge in [-0.1, -0.05) is 24.3 Å². The number of hydrogen-bond donors (Lipinski definition) is 2. The molecule has 130 valence electrons. The molecule has 24 heavy (non-hydrogen) atoms. The number of phenolic OH excluding ortho intramolecular Hbond substituents is 1. The van der Waals surface area contributed by atoms with Crippen molar-refractivity contribution < 1.29 is 18.3 Å². The Balaban J connectivity index is 1.73. The second-order valence-electron chi connectivity index (χ2n) is 5.58. The van der Waals surface area contributed by atoms with E-state index in [2.05, 4.69) is 4.72 Å². The molecule has 0 aliphatic heterocycles. The van der Waals surface area contributed by atoms with Crippen LogP contribution in [0, 0.1) is 0 Å². The lowest BCUT2D eigenvalue weighted by atomic mass is 10.1. The summed E-state index contributed by atoms with van der Waals surface area (Å²) in [5.41, 5.74) is 2.01. The highest BCUT2D eigenvalue weighted by atomic mass is 32.2. The number of hydrogen-bond acceptors (Lipinski definition) is 4. The van der Waals surface area contributed by atoms with Crippen LogP contribution in [0.4, 0.5) is 0 Å². The highest BCUT2D eigenvalue weighted by molar-refractivity contribution is 7.89. The summed E-state index contributed by atoms with van der Waals surface area (Å²) in [4.78, 5) is 0. The zero-order chi connectivity index (χ0) is 17.4. The highest BCUT2D eigenvalue weighted by Gasteiger charge is 2.10. The first-order valence-corrected chi connectivity index (χ1v) is 9.52. The number of phenols is 1. The van der Waals surface area contributed by atoms with Crippen molar-refractivity contribution in [1.29, 1.82) is 0 Å². The Morgan fingerprint density at radius 3 is 2.50 bits per heavy atom. The molecule has 0 saturated carbocycles. The Labute approximate surface area is 143 Å². The molecule has 2 aromatic carbocycles. The van der Waals surface area contributed by atoms with E-state index in [-0.39, 0.29) is 11.5 Å². The lowest BCUT2D eigenvalue weighted by molar-refractivity contribution is 0.414. The first kappa shape index (κ1) is 18.3. The quantitative estimate of drug-likeness (QED) is 0.682. The normalized spacial score (nSPS) is 11.4. The number of rotatable bonds is 9. The molecule has 0 aliphatic rings. The van der Waals surface area contributed by atoms with Gasteiger partial charge in [-0.3, -0.25) is 0 Å². The summed E-state index contributed by atoms with van der Waals surface area (Å²) in [6.45, 7) is 0.404. The van der Waals surface area contributed by atoms with Crippen molar-refractivity contribution in [3.05, 3.63) is 59.7 Å². The molecule has 0 bridgehead atoms. The van der Waals surface area contributed by atoms with E-state index in [1.807, 2.05) is 36.4 Å². The van der Waals surface area contributed by atoms with E-state index >= 15 is 0 Å². The molecule has 0 heterocycles. The maximum Gasteiger partial charge on any atom is 0.211 e. The maximum absolute atomic E-state index is 12.0. The monoisotopic (exact) mass is 349 g/mol. The lowest BCUT2D eigenvalue weighted by Crippen LogP contribution is -2.28. The number of ether oxygens (including phenoxy) is 1. The minimum absolute atomic E-state index is 0.0549. The fourth-order valence-electron chi connectivity index (χ4n) is 2.34. The van der Waals surface area contributed by atoms with Gasteiger partial charge in [0, 0.05) is 6.54 Å². The molecule has 2 rings (SSSR count). The van der Waals surface area contributed by atoms with E-state index in [0.717, 1.165) is 23.3 Å². The second kappa shape index (κ2) is 8.70. The number of nitrogens with one attached hydrogen (secondary N) is 1. The van der Waals surface area contributed by atoms with Crippen LogP contribution in [0.5, 0.6) is 11.5 Å². The SMILES string of the molecule is COc1cccc(CCS(=O)(=O)NCCCc2ccc(O)cc2)c1. The van der Waals surface area contributed by atoms with Crippen molar-refractivity contribution in [2.45, 2.75) is 19.3 Å². The van der Waals surface area contributed by atoms with Crippen LogP contribution in [0.1, 0.15) is 17.5 Å². The van der Waals surface area contributed by atoms with Gasteiger partial charge in [0.25, 0.3) is 0 Å². The molecule has 0 radical (unpaired) electrons. The number of aromatic hydroxyl groups is 1. The fraction of sp³-hybridized carbons (Fsp3) is 0.333. The Morgan fingerprint density at radius 2 is 1.79 bits per heavy atom. The molecule has 0 spiro atoms. The van der Waals surface area contributed by atoms with Crippen molar-refractivity contribution in [1.82, 2.24) is 4.72 Å². The molecule has 0 unspecified atom stereocenters. The summed E-state index contributed by atoms with van der Waals surface area (Å²) < 4.78 is 31.8. The standard InChI is InChI=1S/C18H23NO4S/c1-23-18-6-2-4-16(14-18)11-13-24(21,22)19-12-3-5-15-7-9-17(20)10-8-15/h2,4,6-10,14,19-20H,3,5,11-13H2,1H3. The molecule has 0 amide bonds. The van der Waals surface area contributed by atoms with Gasteiger partial charge >= 0.3 is 0 Å². The van der Waals surface area contributed by atoms with Crippen LogP contribution in [-0.4, -0.2) is 32.9 Å². The van der Waals surface area contributed by atoms with Gasteiger partial charge in [0.1, 0.15) is 11.5 Å². The fourth-order valence-corrected chi connectivity index (χ4v) is 3.44. The van der Waals surface area contributed by atoms with Crippen LogP contribution in [0.3, 0.4) is 0 Å². The molecule has 6 heteroatoms. The summed E-state index contributed by atoms with van der Waals surface area (Å²) in [6, 6.07) is 14.4. The van der Waals surface area contributed by atoms with E-state index < -0.39 is 10.0 Å². The average Bonchev–Trinajstić information content (AvgIpc) is 2.59. The van der Waals surface area contributed by atoms with E-state index in [0.29, 0.717) is 19.4 Å². The highest BCUT2D eigenvalue weighted by Crippen LogP contribution is 2.13. The van der Waals surface area contributed by atoms with Crippen LogP contribution in [0.25, 0.3) is 0 Å². The number of sulfonamides is 1. The topological polar surface area (TPSA) is 75.6 Å². The Bertz CT molecular complexity index is 742. The van der Waals surface area contributed by atoms with E-state index in [1.54, 1.807) is 19.2 Å². The van der Waals surface area contributed by atoms with Crippen LogP contribution < -0.4 is 9.46 Å². The third kappa shape index (κ3) is 6.22. The van der Waals surface area contributed by atoms with Crippen LogP contribution in [0.15, 0.2) is 48.5 Å². The minimum atomic E-state index is -3.29. The Morgan fingerprint density at radius 1 is 1.04 bits per heavy atom. The van der Waals surface area contributed by atoms with Crippen LogP contribution in [-0.2, 0) is 22.9 Å². The largest absolute Gasteiger partial charge is 0.508 e. The molecule has 2 N–H and O–H groups in total. The first-order chi connectivity index (χ1) is 11.5. The maximum atomic E-state index is 12.0. The molecule has 2 aromatic rings. The molecule has 0 saturated heterocycles. The van der Waals surface area contributed by atoms with Crippen LogP contribution >= 0.6 is 0 Å². The summed E-state index contributed by atoms with van der Waals surface area (Å²) in [7, 11) is -1.70. The minimum Gasteiger partial charge on any atom is -0.508 e. The van der Waals surface area contributed by atoms with Crippen LogP contribution in [0.2, 0.25) is 0 Å². The summed E-state index contributed by atoms with van der Waals surface area (Å²) in [5, 5.41) is 9.22. The predicted octanol–water partition coefficient (Wildman–Crippen LogP) is 2.50. The molecular weight excluding hydrogens is 326 g/mol. The first-order valence-electron chi connectivity index (χ1n) is 7.87. The summed E-state index contributed by atoms with van der Waals surface area (Å²) >= 11 is 0. The Kier molecular flexibility index (Phi) is 6.63. The summed E-state index contributed by atoms with van der Waals surface area (Å²) in [6.07, 6.45) is 1.92. The smallest absolute Gasteiger partial charge is 0.211 e. The van der Waals surface area contributed by atoms with Gasteiger partial charge in [0.2, 0.25) is 10.0 Å². The molecule has 0 aromatic heterocycles. The van der Waals surface area contributed by atoms with Gasteiger partial charge in [-0.25, -0.2) is 13.1 Å². The molecule has 0 atom stereocenters. The van der Waals surface area contributed by atoms with Crippen molar-refractivity contribution in [3.8, 4) is 11.5 Å². The van der Waals surface area contributed by atoms with Crippen molar-refractivity contribution in [3.63, 3.8) is 0 Å². The molecular formula is C18H23NO4S.